The molecule has 0 saturated heterocycles. The van der Waals surface area contributed by atoms with Gasteiger partial charge in [0.1, 0.15) is 0 Å². The fourth-order valence-electron chi connectivity index (χ4n) is 2.57. The van der Waals surface area contributed by atoms with Crippen LogP contribution in [0.1, 0.15) is 76.7 Å². The molecule has 114 valence electrons. The molecule has 1 rings (SSSR count). The third-order valence-electron chi connectivity index (χ3n) is 3.88. The van der Waals surface area contributed by atoms with Gasteiger partial charge in [0, 0.05) is 10.2 Å². The van der Waals surface area contributed by atoms with Gasteiger partial charge in [-0.05, 0) is 30.5 Å². The van der Waals surface area contributed by atoms with E-state index in [1.807, 2.05) is 12.1 Å². The zero-order chi connectivity index (χ0) is 14.6. The Kier molecular flexibility index (Phi) is 9.82. The van der Waals surface area contributed by atoms with Crippen LogP contribution in [0, 0.1) is 0 Å². The molecular formula is C18H30BrN. The molecule has 0 bridgehead atoms. The van der Waals surface area contributed by atoms with Crippen molar-refractivity contribution >= 4 is 21.6 Å². The lowest BCUT2D eigenvalue weighted by molar-refractivity contribution is 0.556. The van der Waals surface area contributed by atoms with Gasteiger partial charge in [-0.3, -0.25) is 0 Å². The summed E-state index contributed by atoms with van der Waals surface area (Å²) in [6.45, 7) is 2.28. The average molecular weight is 340 g/mol. The first-order chi connectivity index (χ1) is 9.74. The molecule has 0 fully saturated rings. The fraction of sp³-hybridized carbons (Fsp3) is 0.667. The van der Waals surface area contributed by atoms with Crippen LogP contribution in [0.15, 0.2) is 22.7 Å². The van der Waals surface area contributed by atoms with E-state index >= 15 is 0 Å². The van der Waals surface area contributed by atoms with E-state index in [4.69, 9.17) is 5.73 Å². The normalized spacial score (nSPS) is 10.9. The van der Waals surface area contributed by atoms with Crippen LogP contribution < -0.4 is 5.73 Å². The van der Waals surface area contributed by atoms with Crippen molar-refractivity contribution in [2.24, 2.45) is 0 Å². The maximum absolute atomic E-state index is 5.75. The van der Waals surface area contributed by atoms with Crippen LogP contribution in [0.5, 0.6) is 0 Å². The van der Waals surface area contributed by atoms with Crippen molar-refractivity contribution in [2.45, 2.75) is 77.6 Å². The molecule has 0 aliphatic carbocycles. The van der Waals surface area contributed by atoms with Crippen molar-refractivity contribution in [3.05, 3.63) is 28.2 Å². The Labute approximate surface area is 133 Å². The van der Waals surface area contributed by atoms with E-state index in [9.17, 15) is 0 Å². The summed E-state index contributed by atoms with van der Waals surface area (Å²) in [7, 11) is 0. The zero-order valence-electron chi connectivity index (χ0n) is 13.0. The standard InChI is InChI=1S/C18H30BrN/c1-2-3-4-5-6-7-8-9-10-11-12-16-13-14-17(20)15-18(16)19/h13-15H,2-12,20H2,1H3. The maximum atomic E-state index is 5.75. The first kappa shape index (κ1) is 17.6. The molecule has 0 aliphatic rings. The molecule has 0 aliphatic heterocycles. The molecule has 0 aromatic heterocycles. The number of unbranched alkanes of at least 4 members (excludes halogenated alkanes) is 9. The Hall–Kier alpha value is -0.500. The number of anilines is 1. The zero-order valence-corrected chi connectivity index (χ0v) is 14.6. The van der Waals surface area contributed by atoms with Gasteiger partial charge in [-0.25, -0.2) is 0 Å². The van der Waals surface area contributed by atoms with Gasteiger partial charge in [-0.2, -0.15) is 0 Å². The number of hydrogen-bond donors (Lipinski definition) is 1. The predicted molar refractivity (Wildman–Crippen MR) is 94.1 cm³/mol. The number of halogens is 1. The molecule has 2 N–H and O–H groups in total. The van der Waals surface area contributed by atoms with E-state index in [0.29, 0.717) is 0 Å². The minimum atomic E-state index is 0.837. The molecule has 0 amide bonds. The molecule has 0 saturated carbocycles. The first-order valence-corrected chi connectivity index (χ1v) is 9.07. The second kappa shape index (κ2) is 11.2. The van der Waals surface area contributed by atoms with Crippen molar-refractivity contribution < 1.29 is 0 Å². The molecule has 0 radical (unpaired) electrons. The van der Waals surface area contributed by atoms with Crippen molar-refractivity contribution in [1.29, 1.82) is 0 Å². The Morgan fingerprint density at radius 3 is 1.95 bits per heavy atom. The lowest BCUT2D eigenvalue weighted by Crippen LogP contribution is -1.91. The molecule has 1 aromatic carbocycles. The van der Waals surface area contributed by atoms with Gasteiger partial charge in [0.05, 0.1) is 0 Å². The highest BCUT2D eigenvalue weighted by Crippen LogP contribution is 2.22. The van der Waals surface area contributed by atoms with E-state index in [1.54, 1.807) is 0 Å². The van der Waals surface area contributed by atoms with Crippen LogP contribution >= 0.6 is 15.9 Å². The molecule has 0 unspecified atom stereocenters. The van der Waals surface area contributed by atoms with Crippen LogP contribution in [0.2, 0.25) is 0 Å². The van der Waals surface area contributed by atoms with E-state index in [2.05, 4.69) is 28.9 Å². The van der Waals surface area contributed by atoms with Crippen LogP contribution in [0.25, 0.3) is 0 Å². The quantitative estimate of drug-likeness (QED) is 0.361. The van der Waals surface area contributed by atoms with E-state index in [1.165, 1.54) is 69.8 Å². The van der Waals surface area contributed by atoms with E-state index in [0.717, 1.165) is 16.6 Å². The largest absolute Gasteiger partial charge is 0.399 e. The topological polar surface area (TPSA) is 26.0 Å². The van der Waals surface area contributed by atoms with Gasteiger partial charge in [-0.1, -0.05) is 86.7 Å². The van der Waals surface area contributed by atoms with E-state index in [-0.39, 0.29) is 0 Å². The van der Waals surface area contributed by atoms with Gasteiger partial charge in [-0.15, -0.1) is 0 Å². The lowest BCUT2D eigenvalue weighted by atomic mass is 10.0. The minimum Gasteiger partial charge on any atom is -0.399 e. The molecule has 0 spiro atoms. The second-order valence-electron chi connectivity index (χ2n) is 5.78. The maximum Gasteiger partial charge on any atom is 0.0325 e. The van der Waals surface area contributed by atoms with Gasteiger partial charge in [0.25, 0.3) is 0 Å². The fourth-order valence-corrected chi connectivity index (χ4v) is 3.16. The Balaban J connectivity index is 1.97. The summed E-state index contributed by atoms with van der Waals surface area (Å²) in [6.07, 6.45) is 15.1. The third kappa shape index (κ3) is 7.94. The first-order valence-electron chi connectivity index (χ1n) is 8.28. The minimum absolute atomic E-state index is 0.837. The van der Waals surface area contributed by atoms with Crippen molar-refractivity contribution in [3.63, 3.8) is 0 Å². The Morgan fingerprint density at radius 1 is 0.850 bits per heavy atom. The Morgan fingerprint density at radius 2 is 1.40 bits per heavy atom. The monoisotopic (exact) mass is 339 g/mol. The number of benzene rings is 1. The summed E-state index contributed by atoms with van der Waals surface area (Å²) >= 11 is 3.59. The summed E-state index contributed by atoms with van der Waals surface area (Å²) < 4.78 is 1.16. The molecule has 1 nitrogen and oxygen atoms in total. The summed E-state index contributed by atoms with van der Waals surface area (Å²) in [4.78, 5) is 0. The van der Waals surface area contributed by atoms with Crippen molar-refractivity contribution in [1.82, 2.24) is 0 Å². The third-order valence-corrected chi connectivity index (χ3v) is 4.61. The molecule has 20 heavy (non-hydrogen) atoms. The predicted octanol–water partition coefficient (Wildman–Crippen LogP) is 6.49. The summed E-state index contributed by atoms with van der Waals surface area (Å²) in [5, 5.41) is 0. The van der Waals surface area contributed by atoms with Crippen LogP contribution in [-0.2, 0) is 6.42 Å². The highest BCUT2D eigenvalue weighted by Gasteiger charge is 2.00. The van der Waals surface area contributed by atoms with Crippen molar-refractivity contribution in [2.75, 3.05) is 5.73 Å². The Bertz CT molecular complexity index is 362. The molecule has 2 heteroatoms. The average Bonchev–Trinajstić information content (AvgIpc) is 2.43. The summed E-state index contributed by atoms with van der Waals surface area (Å²) in [5.74, 6) is 0. The summed E-state index contributed by atoms with van der Waals surface area (Å²) in [6, 6.07) is 6.15. The number of nitrogens with two attached hydrogens (primary N) is 1. The number of hydrogen-bond acceptors (Lipinski definition) is 1. The number of aryl methyl sites for hydroxylation is 1. The number of nitrogen functional groups attached to an aromatic ring is 1. The second-order valence-corrected chi connectivity index (χ2v) is 6.64. The smallest absolute Gasteiger partial charge is 0.0325 e. The SMILES string of the molecule is CCCCCCCCCCCCc1ccc(N)cc1Br. The van der Waals surface area contributed by atoms with Crippen LogP contribution in [0.3, 0.4) is 0 Å². The molecule has 0 heterocycles. The molecule has 0 atom stereocenters. The highest BCUT2D eigenvalue weighted by atomic mass is 79.9. The molecular weight excluding hydrogens is 310 g/mol. The molecule has 1 aromatic rings. The van der Waals surface area contributed by atoms with E-state index < -0.39 is 0 Å². The number of rotatable bonds is 11. The van der Waals surface area contributed by atoms with Gasteiger partial charge in [0.2, 0.25) is 0 Å². The van der Waals surface area contributed by atoms with Crippen LogP contribution in [-0.4, -0.2) is 0 Å². The van der Waals surface area contributed by atoms with Gasteiger partial charge < -0.3 is 5.73 Å². The lowest BCUT2D eigenvalue weighted by Gasteiger charge is -2.06. The highest BCUT2D eigenvalue weighted by molar-refractivity contribution is 9.10. The summed E-state index contributed by atoms with van der Waals surface area (Å²) in [5.41, 5.74) is 7.98. The van der Waals surface area contributed by atoms with Crippen LogP contribution in [0.4, 0.5) is 5.69 Å². The van der Waals surface area contributed by atoms with Gasteiger partial charge >= 0.3 is 0 Å². The van der Waals surface area contributed by atoms with Gasteiger partial charge in [0.15, 0.2) is 0 Å². The van der Waals surface area contributed by atoms with Crippen molar-refractivity contribution in [3.8, 4) is 0 Å².